The Hall–Kier alpha value is -6.66. The van der Waals surface area contributed by atoms with Crippen LogP contribution in [0, 0.1) is 0 Å². The van der Waals surface area contributed by atoms with Gasteiger partial charge in [0, 0.05) is 22.3 Å². The average Bonchev–Trinajstić information content (AvgIpc) is 3.10. The van der Waals surface area contributed by atoms with Crippen LogP contribution in [0.15, 0.2) is 133 Å². The third-order valence-electron chi connectivity index (χ3n) is 9.09. The van der Waals surface area contributed by atoms with Crippen LogP contribution in [0.1, 0.15) is 20.7 Å². The average molecular weight is 627 g/mol. The molecule has 6 heteroatoms. The summed E-state index contributed by atoms with van der Waals surface area (Å²) in [6.45, 7) is 0. The van der Waals surface area contributed by atoms with Gasteiger partial charge in [0.05, 0.1) is 11.1 Å². The van der Waals surface area contributed by atoms with Gasteiger partial charge in [0.15, 0.2) is 0 Å². The maximum Gasteiger partial charge on any atom is 0.335 e. The number of fused-ring (bicyclic) bond motifs is 4. The quantitative estimate of drug-likeness (QED) is 0.151. The highest BCUT2D eigenvalue weighted by Crippen LogP contribution is 2.51. The van der Waals surface area contributed by atoms with E-state index >= 15 is 0 Å². The van der Waals surface area contributed by atoms with Gasteiger partial charge in [0.1, 0.15) is 11.5 Å². The van der Waals surface area contributed by atoms with E-state index in [2.05, 4.69) is 0 Å². The Balaban J connectivity index is 1.39. The van der Waals surface area contributed by atoms with Crippen molar-refractivity contribution in [3.05, 3.63) is 145 Å². The Morgan fingerprint density at radius 1 is 0.396 bits per heavy atom. The fourth-order valence-electron chi connectivity index (χ4n) is 6.71. The van der Waals surface area contributed by atoms with E-state index in [1.807, 2.05) is 97.1 Å². The number of carboxylic acid groups (broad SMARTS) is 2. The van der Waals surface area contributed by atoms with Gasteiger partial charge in [0.2, 0.25) is 0 Å². The summed E-state index contributed by atoms with van der Waals surface area (Å²) in [4.78, 5) is 23.1. The van der Waals surface area contributed by atoms with E-state index in [1.54, 1.807) is 36.4 Å². The van der Waals surface area contributed by atoms with Crippen molar-refractivity contribution in [2.45, 2.75) is 0 Å². The molecule has 0 bridgehead atoms. The first kappa shape index (κ1) is 28.8. The minimum Gasteiger partial charge on any atom is -0.507 e. The lowest BCUT2D eigenvalue weighted by Gasteiger charge is -2.20. The Bertz CT molecular complexity index is 2470. The number of carbonyl (C=O) groups is 2. The van der Waals surface area contributed by atoms with Gasteiger partial charge in [-0.15, -0.1) is 0 Å². The standard InChI is InChI=1S/C42H26O6/c43-39-35(29-13-9-25-19-31(41(45)46)15-11-23(25)17-29)21-27-5-1-3-7-33(27)37(39)38-34-8-4-2-6-28(34)22-36(40(38)44)30-14-10-26-20-32(42(47)48)16-12-24(26)18-30/h1-22,43-44H,(H,45,46)(H,47,48). The molecule has 0 aromatic heterocycles. The zero-order valence-corrected chi connectivity index (χ0v) is 25.3. The molecular weight excluding hydrogens is 600 g/mol. The Morgan fingerprint density at radius 2 is 0.771 bits per heavy atom. The molecule has 48 heavy (non-hydrogen) atoms. The normalized spacial score (nSPS) is 11.4. The van der Waals surface area contributed by atoms with Crippen molar-refractivity contribution < 1.29 is 30.0 Å². The summed E-state index contributed by atoms with van der Waals surface area (Å²) in [6.07, 6.45) is 0. The van der Waals surface area contributed by atoms with E-state index in [0.29, 0.717) is 22.3 Å². The Labute approximate surface area is 274 Å². The molecule has 4 N–H and O–H groups in total. The minimum atomic E-state index is -0.997. The van der Waals surface area contributed by atoms with Crippen LogP contribution in [-0.2, 0) is 0 Å². The summed E-state index contributed by atoms with van der Waals surface area (Å²) in [7, 11) is 0. The van der Waals surface area contributed by atoms with Crippen molar-refractivity contribution >= 4 is 55.0 Å². The first-order chi connectivity index (χ1) is 23.3. The number of carboxylic acids is 2. The van der Waals surface area contributed by atoms with Gasteiger partial charge in [0.25, 0.3) is 0 Å². The van der Waals surface area contributed by atoms with Crippen molar-refractivity contribution in [1.82, 2.24) is 0 Å². The molecule has 0 spiro atoms. The lowest BCUT2D eigenvalue weighted by atomic mass is 9.86. The van der Waals surface area contributed by atoms with Gasteiger partial charge in [-0.1, -0.05) is 84.9 Å². The first-order valence-corrected chi connectivity index (χ1v) is 15.3. The second-order valence-corrected chi connectivity index (χ2v) is 11.9. The first-order valence-electron chi connectivity index (χ1n) is 15.3. The van der Waals surface area contributed by atoms with Crippen molar-refractivity contribution in [2.75, 3.05) is 0 Å². The predicted octanol–water partition coefficient (Wildman–Crippen LogP) is 10.1. The van der Waals surface area contributed by atoms with Crippen molar-refractivity contribution in [3.63, 3.8) is 0 Å². The summed E-state index contributed by atoms with van der Waals surface area (Å²) < 4.78 is 0. The number of aromatic hydroxyl groups is 2. The van der Waals surface area contributed by atoms with Crippen LogP contribution >= 0.6 is 0 Å². The van der Waals surface area contributed by atoms with Gasteiger partial charge in [-0.2, -0.15) is 0 Å². The number of aromatic carboxylic acids is 2. The molecule has 0 saturated heterocycles. The number of rotatable bonds is 5. The summed E-state index contributed by atoms with van der Waals surface area (Å²) in [6, 6.07) is 40.5. The minimum absolute atomic E-state index is 0.00696. The van der Waals surface area contributed by atoms with Gasteiger partial charge in [-0.05, 0) is 103 Å². The fraction of sp³-hybridized carbons (Fsp3) is 0. The van der Waals surface area contributed by atoms with Crippen LogP contribution in [0.25, 0.3) is 76.5 Å². The third kappa shape index (κ3) is 4.66. The lowest BCUT2D eigenvalue weighted by Crippen LogP contribution is -1.95. The molecule has 0 fully saturated rings. The highest BCUT2D eigenvalue weighted by Gasteiger charge is 2.23. The predicted molar refractivity (Wildman–Crippen MR) is 190 cm³/mol. The van der Waals surface area contributed by atoms with Crippen LogP contribution in [0.5, 0.6) is 11.5 Å². The summed E-state index contributed by atoms with van der Waals surface area (Å²) in [5, 5.41) is 49.8. The Morgan fingerprint density at radius 3 is 1.19 bits per heavy atom. The van der Waals surface area contributed by atoms with Crippen LogP contribution in [0.2, 0.25) is 0 Å². The molecule has 0 amide bonds. The smallest absolute Gasteiger partial charge is 0.335 e. The second kappa shape index (κ2) is 11.0. The number of hydrogen-bond acceptors (Lipinski definition) is 4. The molecule has 0 aliphatic carbocycles. The second-order valence-electron chi connectivity index (χ2n) is 11.9. The third-order valence-corrected chi connectivity index (χ3v) is 9.09. The molecule has 0 unspecified atom stereocenters. The molecule has 0 aliphatic heterocycles. The van der Waals surface area contributed by atoms with E-state index in [-0.39, 0.29) is 22.6 Å². The van der Waals surface area contributed by atoms with E-state index in [9.17, 15) is 30.0 Å². The topological polar surface area (TPSA) is 115 Å². The number of hydrogen-bond donors (Lipinski definition) is 4. The number of phenols is 2. The lowest BCUT2D eigenvalue weighted by molar-refractivity contribution is 0.0686. The maximum atomic E-state index is 12.2. The van der Waals surface area contributed by atoms with E-state index in [1.165, 1.54) is 0 Å². The largest absolute Gasteiger partial charge is 0.507 e. The van der Waals surface area contributed by atoms with E-state index in [0.717, 1.165) is 54.2 Å². The zero-order valence-electron chi connectivity index (χ0n) is 25.3. The molecule has 8 aromatic carbocycles. The SMILES string of the molecule is O=C(O)c1ccc2cc(-c3cc4ccccc4c(-c4c(O)c(-c5ccc6cc(C(=O)O)ccc6c5)cc5ccccc45)c3O)ccc2c1. The van der Waals surface area contributed by atoms with Crippen LogP contribution < -0.4 is 0 Å². The number of phenolic OH excluding ortho intramolecular Hbond substituents is 2. The summed E-state index contributed by atoms with van der Waals surface area (Å²) in [5.41, 5.74) is 4.01. The summed E-state index contributed by atoms with van der Waals surface area (Å²) >= 11 is 0. The van der Waals surface area contributed by atoms with Gasteiger partial charge < -0.3 is 20.4 Å². The molecule has 6 nitrogen and oxygen atoms in total. The van der Waals surface area contributed by atoms with Crippen molar-refractivity contribution in [2.24, 2.45) is 0 Å². The molecule has 230 valence electrons. The Kier molecular flexibility index (Phi) is 6.60. The molecule has 8 rings (SSSR count). The van der Waals surface area contributed by atoms with Crippen molar-refractivity contribution in [3.8, 4) is 44.9 Å². The van der Waals surface area contributed by atoms with Gasteiger partial charge >= 0.3 is 11.9 Å². The molecule has 8 aromatic rings. The highest BCUT2D eigenvalue weighted by molar-refractivity contribution is 6.14. The molecule has 0 saturated carbocycles. The van der Waals surface area contributed by atoms with Crippen LogP contribution in [0.3, 0.4) is 0 Å². The van der Waals surface area contributed by atoms with Gasteiger partial charge in [-0.3, -0.25) is 0 Å². The zero-order chi connectivity index (χ0) is 33.1. The number of benzene rings is 8. The van der Waals surface area contributed by atoms with E-state index < -0.39 is 11.9 Å². The molecule has 0 atom stereocenters. The summed E-state index contributed by atoms with van der Waals surface area (Å²) in [5.74, 6) is -1.98. The molecule has 0 radical (unpaired) electrons. The molecule has 0 aliphatic rings. The monoisotopic (exact) mass is 626 g/mol. The van der Waals surface area contributed by atoms with Crippen molar-refractivity contribution in [1.29, 1.82) is 0 Å². The van der Waals surface area contributed by atoms with Crippen LogP contribution in [0.4, 0.5) is 0 Å². The van der Waals surface area contributed by atoms with Crippen LogP contribution in [-0.4, -0.2) is 32.4 Å². The van der Waals surface area contributed by atoms with E-state index in [4.69, 9.17) is 0 Å². The van der Waals surface area contributed by atoms with Gasteiger partial charge in [-0.25, -0.2) is 9.59 Å². The molecular formula is C42H26O6. The fourth-order valence-corrected chi connectivity index (χ4v) is 6.71. The highest BCUT2D eigenvalue weighted by atomic mass is 16.4. The maximum absolute atomic E-state index is 12.2. The molecule has 0 heterocycles.